The Morgan fingerprint density at radius 3 is 2.53 bits per heavy atom. The van der Waals surface area contributed by atoms with E-state index in [-0.39, 0.29) is 24.8 Å². The predicted octanol–water partition coefficient (Wildman–Crippen LogP) is 2.80. The van der Waals surface area contributed by atoms with Crippen LogP contribution in [0.3, 0.4) is 0 Å². The minimum atomic E-state index is 0. The maximum Gasteiger partial charge on any atom is 0.0726 e. The van der Waals surface area contributed by atoms with Crippen molar-refractivity contribution in [3.8, 4) is 0 Å². The van der Waals surface area contributed by atoms with Gasteiger partial charge in [0.15, 0.2) is 0 Å². The summed E-state index contributed by atoms with van der Waals surface area (Å²) in [5, 5.41) is 4.65. The van der Waals surface area contributed by atoms with Crippen molar-refractivity contribution in [2.24, 2.45) is 0 Å². The molecular formula is C14H19Cl2N3. The molecule has 3 nitrogen and oxygen atoms in total. The minimum Gasteiger partial charge on any atom is -0.368 e. The van der Waals surface area contributed by atoms with E-state index in [2.05, 4.69) is 52.5 Å². The lowest BCUT2D eigenvalue weighted by Crippen LogP contribution is -2.43. The summed E-state index contributed by atoms with van der Waals surface area (Å²) in [4.78, 5) is 7.04. The first-order chi connectivity index (χ1) is 8.34. The molecule has 1 fully saturated rings. The Labute approximate surface area is 126 Å². The summed E-state index contributed by atoms with van der Waals surface area (Å²) in [6.45, 7) is 6.35. The van der Waals surface area contributed by atoms with Crippen molar-refractivity contribution < 1.29 is 0 Å². The largest absolute Gasteiger partial charge is 0.368 e. The highest BCUT2D eigenvalue weighted by molar-refractivity contribution is 5.92. The van der Waals surface area contributed by atoms with Crippen LogP contribution in [-0.4, -0.2) is 31.2 Å². The van der Waals surface area contributed by atoms with Crippen LogP contribution in [-0.2, 0) is 0 Å². The van der Waals surface area contributed by atoms with Crippen LogP contribution in [0.5, 0.6) is 0 Å². The van der Waals surface area contributed by atoms with Gasteiger partial charge in [-0.25, -0.2) is 0 Å². The highest BCUT2D eigenvalue weighted by Crippen LogP contribution is 2.26. The summed E-state index contributed by atoms with van der Waals surface area (Å²) in [6.07, 6.45) is 0. The molecule has 0 unspecified atom stereocenters. The van der Waals surface area contributed by atoms with Crippen molar-refractivity contribution >= 4 is 41.4 Å². The first-order valence-corrected chi connectivity index (χ1v) is 6.17. The third kappa shape index (κ3) is 3.30. The Balaban J connectivity index is 0.000000902. The van der Waals surface area contributed by atoms with E-state index in [9.17, 15) is 0 Å². The maximum absolute atomic E-state index is 4.59. The van der Waals surface area contributed by atoms with Crippen LogP contribution < -0.4 is 10.2 Å². The van der Waals surface area contributed by atoms with Crippen molar-refractivity contribution in [1.29, 1.82) is 0 Å². The summed E-state index contributed by atoms with van der Waals surface area (Å²) >= 11 is 0. The lowest BCUT2D eigenvalue weighted by molar-refractivity contribution is 0.590. The molecule has 0 amide bonds. The molecule has 0 radical (unpaired) electrons. The fourth-order valence-corrected chi connectivity index (χ4v) is 2.45. The third-order valence-corrected chi connectivity index (χ3v) is 3.28. The second-order valence-electron chi connectivity index (χ2n) is 4.54. The number of fused-ring (bicyclic) bond motifs is 1. The fraction of sp³-hybridized carbons (Fsp3) is 0.357. The standard InChI is InChI=1S/C14H17N3.2ClH/c1-11-10-14(17-8-6-15-7-9-17)12-4-2-3-5-13(12)16-11;;/h2-5,10,15H,6-9H2,1H3;2*1H. The maximum atomic E-state index is 4.59. The van der Waals surface area contributed by atoms with Crippen LogP contribution in [0, 0.1) is 6.92 Å². The van der Waals surface area contributed by atoms with Gasteiger partial charge in [-0.2, -0.15) is 0 Å². The van der Waals surface area contributed by atoms with Gasteiger partial charge in [-0.3, -0.25) is 4.98 Å². The molecule has 2 heterocycles. The topological polar surface area (TPSA) is 28.2 Å². The van der Waals surface area contributed by atoms with E-state index < -0.39 is 0 Å². The zero-order valence-corrected chi connectivity index (χ0v) is 12.6. The summed E-state index contributed by atoms with van der Waals surface area (Å²) in [7, 11) is 0. The number of pyridine rings is 1. The Bertz CT molecular complexity index is 539. The molecule has 19 heavy (non-hydrogen) atoms. The molecule has 5 heteroatoms. The number of rotatable bonds is 1. The summed E-state index contributed by atoms with van der Waals surface area (Å²) in [6, 6.07) is 10.6. The Morgan fingerprint density at radius 2 is 1.79 bits per heavy atom. The van der Waals surface area contributed by atoms with Crippen molar-refractivity contribution in [2.75, 3.05) is 31.1 Å². The number of anilines is 1. The number of para-hydroxylation sites is 1. The Kier molecular flexibility index (Phi) is 5.85. The molecule has 0 aliphatic carbocycles. The average Bonchev–Trinajstić information content (AvgIpc) is 2.39. The van der Waals surface area contributed by atoms with Crippen LogP contribution >= 0.6 is 24.8 Å². The molecule has 104 valence electrons. The minimum absolute atomic E-state index is 0. The molecular weight excluding hydrogens is 281 g/mol. The van der Waals surface area contributed by atoms with Gasteiger partial charge in [0.1, 0.15) is 0 Å². The lowest BCUT2D eigenvalue weighted by Gasteiger charge is -2.30. The van der Waals surface area contributed by atoms with E-state index in [0.717, 1.165) is 37.4 Å². The molecule has 0 spiro atoms. The summed E-state index contributed by atoms with van der Waals surface area (Å²) < 4.78 is 0. The molecule has 3 rings (SSSR count). The zero-order valence-electron chi connectivity index (χ0n) is 10.9. The van der Waals surface area contributed by atoms with Crippen molar-refractivity contribution in [1.82, 2.24) is 10.3 Å². The number of aromatic nitrogens is 1. The molecule has 0 saturated carbocycles. The predicted molar refractivity (Wildman–Crippen MR) is 86.1 cm³/mol. The molecule has 1 N–H and O–H groups in total. The number of nitrogens with one attached hydrogen (secondary N) is 1. The second kappa shape index (κ2) is 6.94. The zero-order chi connectivity index (χ0) is 11.7. The normalized spacial score (nSPS) is 14.7. The Morgan fingerprint density at radius 1 is 1.11 bits per heavy atom. The SMILES string of the molecule is Cc1cc(N2CCNCC2)c2ccccc2n1.Cl.Cl. The van der Waals surface area contributed by atoms with Gasteiger partial charge in [0.2, 0.25) is 0 Å². The van der Waals surface area contributed by atoms with Crippen LogP contribution in [0.25, 0.3) is 10.9 Å². The highest BCUT2D eigenvalue weighted by Gasteiger charge is 2.13. The van der Waals surface area contributed by atoms with Gasteiger partial charge in [-0.05, 0) is 19.1 Å². The van der Waals surface area contributed by atoms with Gasteiger partial charge in [0.05, 0.1) is 5.52 Å². The number of nitrogens with zero attached hydrogens (tertiary/aromatic N) is 2. The number of piperazine rings is 1. The van der Waals surface area contributed by atoms with Crippen molar-refractivity contribution in [3.05, 3.63) is 36.0 Å². The van der Waals surface area contributed by atoms with Gasteiger partial charge >= 0.3 is 0 Å². The monoisotopic (exact) mass is 299 g/mol. The van der Waals surface area contributed by atoms with Gasteiger partial charge in [-0.1, -0.05) is 18.2 Å². The van der Waals surface area contributed by atoms with Gasteiger partial charge in [0, 0.05) is 42.9 Å². The second-order valence-corrected chi connectivity index (χ2v) is 4.54. The molecule has 0 atom stereocenters. The van der Waals surface area contributed by atoms with Crippen molar-refractivity contribution in [2.45, 2.75) is 6.92 Å². The highest BCUT2D eigenvalue weighted by atomic mass is 35.5. The number of hydrogen-bond donors (Lipinski definition) is 1. The molecule has 1 aliphatic rings. The van der Waals surface area contributed by atoms with E-state index in [1.165, 1.54) is 11.1 Å². The van der Waals surface area contributed by atoms with E-state index in [1.807, 2.05) is 0 Å². The smallest absolute Gasteiger partial charge is 0.0726 e. The molecule has 1 aliphatic heterocycles. The summed E-state index contributed by atoms with van der Waals surface area (Å²) in [5.74, 6) is 0. The van der Waals surface area contributed by atoms with Gasteiger partial charge in [-0.15, -0.1) is 24.8 Å². The third-order valence-electron chi connectivity index (χ3n) is 3.28. The molecule has 1 saturated heterocycles. The Hall–Kier alpha value is -1.03. The quantitative estimate of drug-likeness (QED) is 0.878. The van der Waals surface area contributed by atoms with E-state index >= 15 is 0 Å². The van der Waals surface area contributed by atoms with E-state index in [1.54, 1.807) is 0 Å². The van der Waals surface area contributed by atoms with E-state index in [4.69, 9.17) is 0 Å². The fourth-order valence-electron chi connectivity index (χ4n) is 2.45. The number of benzene rings is 1. The molecule has 1 aromatic carbocycles. The van der Waals surface area contributed by atoms with Crippen LogP contribution in [0.4, 0.5) is 5.69 Å². The van der Waals surface area contributed by atoms with Crippen LogP contribution in [0.15, 0.2) is 30.3 Å². The number of hydrogen-bond acceptors (Lipinski definition) is 3. The first-order valence-electron chi connectivity index (χ1n) is 6.17. The van der Waals surface area contributed by atoms with Gasteiger partial charge < -0.3 is 10.2 Å². The van der Waals surface area contributed by atoms with Crippen LogP contribution in [0.2, 0.25) is 0 Å². The summed E-state index contributed by atoms with van der Waals surface area (Å²) in [5.41, 5.74) is 3.52. The average molecular weight is 300 g/mol. The van der Waals surface area contributed by atoms with Crippen LogP contribution in [0.1, 0.15) is 5.69 Å². The van der Waals surface area contributed by atoms with Crippen molar-refractivity contribution in [3.63, 3.8) is 0 Å². The number of halogens is 2. The number of aryl methyl sites for hydroxylation is 1. The van der Waals surface area contributed by atoms with E-state index in [0.29, 0.717) is 0 Å². The molecule has 2 aromatic rings. The first kappa shape index (κ1) is 16.0. The molecule has 1 aromatic heterocycles. The lowest BCUT2D eigenvalue weighted by atomic mass is 10.1. The van der Waals surface area contributed by atoms with Gasteiger partial charge in [0.25, 0.3) is 0 Å². The molecule has 0 bridgehead atoms.